The number of unbranched alkanes of at least 4 members (excludes halogenated alkanes) is 2. The lowest BCUT2D eigenvalue weighted by Crippen LogP contribution is -2.18. The number of hydrogen-bond donors (Lipinski definition) is 0. The van der Waals surface area contributed by atoms with Crippen molar-refractivity contribution in [1.82, 2.24) is 9.55 Å². The summed E-state index contributed by atoms with van der Waals surface area (Å²) in [5.41, 5.74) is 2.39. The molecule has 2 aromatic carbocycles. The van der Waals surface area contributed by atoms with Gasteiger partial charge in [0.25, 0.3) is 0 Å². The molecule has 0 radical (unpaired) electrons. The maximum absolute atomic E-state index is 12.4. The Morgan fingerprint density at radius 1 is 0.939 bits per heavy atom. The number of hydrogen-bond acceptors (Lipinski definition) is 7. The van der Waals surface area contributed by atoms with Crippen LogP contribution in [-0.4, -0.2) is 49.4 Å². The first kappa shape index (κ1) is 24.1. The summed E-state index contributed by atoms with van der Waals surface area (Å²) in [6.07, 6.45) is 2.88. The fraction of sp³-hybridized carbons (Fsp3) is 0.400. The van der Waals surface area contributed by atoms with Crippen LogP contribution in [0, 0.1) is 0 Å². The van der Waals surface area contributed by atoms with Crippen molar-refractivity contribution in [2.45, 2.75) is 38.6 Å². The number of rotatable bonds is 11. The van der Waals surface area contributed by atoms with E-state index in [0.717, 1.165) is 41.6 Å². The lowest BCUT2D eigenvalue weighted by molar-refractivity contribution is -0.144. The van der Waals surface area contributed by atoms with Crippen molar-refractivity contribution in [3.8, 4) is 22.9 Å². The lowest BCUT2D eigenvalue weighted by Gasteiger charge is -2.16. The Labute approximate surface area is 193 Å². The van der Waals surface area contributed by atoms with E-state index in [1.807, 2.05) is 47.0 Å². The molecule has 0 aliphatic carbocycles. The highest BCUT2D eigenvalue weighted by Crippen LogP contribution is 2.32. The van der Waals surface area contributed by atoms with Crippen molar-refractivity contribution in [1.29, 1.82) is 0 Å². The predicted octanol–water partition coefficient (Wildman–Crippen LogP) is 4.56. The second kappa shape index (κ2) is 11.4. The van der Waals surface area contributed by atoms with Crippen LogP contribution < -0.4 is 9.47 Å². The standard InChI is InChI=1S/C25H30N2O6/c1-17(25(29)32-4)27-22-16-20(33-15-7-5-6-8-23(28)31-3)13-14-21(22)26-24(27)18-9-11-19(30-2)12-10-18/h9-14,16-17H,5-8,15H2,1-4H3. The molecule has 1 unspecified atom stereocenters. The monoisotopic (exact) mass is 454 g/mol. The number of imidazole rings is 1. The minimum Gasteiger partial charge on any atom is -0.497 e. The van der Waals surface area contributed by atoms with Crippen LogP contribution in [0.3, 0.4) is 0 Å². The molecule has 1 atom stereocenters. The Hall–Kier alpha value is -3.55. The SMILES string of the molecule is COC(=O)CCCCCOc1ccc2nc(-c3ccc(OC)cc3)n(C(C)C(=O)OC)c2c1. The molecule has 33 heavy (non-hydrogen) atoms. The Bertz CT molecular complexity index is 1090. The molecule has 0 spiro atoms. The Balaban J connectivity index is 1.83. The van der Waals surface area contributed by atoms with Crippen molar-refractivity contribution in [2.24, 2.45) is 0 Å². The number of methoxy groups -OCH3 is 3. The zero-order chi connectivity index (χ0) is 23.8. The third-order valence-corrected chi connectivity index (χ3v) is 5.46. The molecule has 8 heteroatoms. The van der Waals surface area contributed by atoms with Gasteiger partial charge in [-0.1, -0.05) is 0 Å². The minimum atomic E-state index is -0.578. The molecule has 3 aromatic rings. The van der Waals surface area contributed by atoms with Gasteiger partial charge in [0.05, 0.1) is 39.0 Å². The molecule has 0 saturated carbocycles. The summed E-state index contributed by atoms with van der Waals surface area (Å²) in [6, 6.07) is 12.6. The van der Waals surface area contributed by atoms with Gasteiger partial charge in [0.1, 0.15) is 23.4 Å². The molecule has 8 nitrogen and oxygen atoms in total. The first-order valence-corrected chi connectivity index (χ1v) is 10.9. The molecule has 1 heterocycles. The second-order valence-electron chi connectivity index (χ2n) is 7.62. The number of esters is 2. The van der Waals surface area contributed by atoms with Gasteiger partial charge in [0.15, 0.2) is 0 Å². The van der Waals surface area contributed by atoms with Gasteiger partial charge in [-0.15, -0.1) is 0 Å². The van der Waals surface area contributed by atoms with Gasteiger partial charge in [-0.3, -0.25) is 4.79 Å². The van der Waals surface area contributed by atoms with E-state index in [0.29, 0.717) is 24.6 Å². The number of carbonyl (C=O) groups is 2. The molecule has 3 rings (SSSR count). The molecule has 0 saturated heterocycles. The van der Waals surface area contributed by atoms with Gasteiger partial charge in [-0.2, -0.15) is 0 Å². The third-order valence-electron chi connectivity index (χ3n) is 5.46. The van der Waals surface area contributed by atoms with Gasteiger partial charge in [-0.05, 0) is 62.6 Å². The minimum absolute atomic E-state index is 0.193. The second-order valence-corrected chi connectivity index (χ2v) is 7.62. The van der Waals surface area contributed by atoms with Crippen molar-refractivity contribution in [3.05, 3.63) is 42.5 Å². The van der Waals surface area contributed by atoms with Gasteiger partial charge >= 0.3 is 11.9 Å². The van der Waals surface area contributed by atoms with Crippen molar-refractivity contribution in [2.75, 3.05) is 27.9 Å². The van der Waals surface area contributed by atoms with Crippen LogP contribution in [0.4, 0.5) is 0 Å². The maximum Gasteiger partial charge on any atom is 0.328 e. The van der Waals surface area contributed by atoms with E-state index in [4.69, 9.17) is 19.2 Å². The first-order chi connectivity index (χ1) is 16.0. The summed E-state index contributed by atoms with van der Waals surface area (Å²) in [5, 5.41) is 0. The fourth-order valence-electron chi connectivity index (χ4n) is 3.61. The third kappa shape index (κ3) is 5.83. The molecule has 1 aromatic heterocycles. The molecular weight excluding hydrogens is 424 g/mol. The number of fused-ring (bicyclic) bond motifs is 1. The summed E-state index contributed by atoms with van der Waals surface area (Å²) < 4.78 is 22.7. The highest BCUT2D eigenvalue weighted by molar-refractivity contribution is 5.85. The topological polar surface area (TPSA) is 88.9 Å². The van der Waals surface area contributed by atoms with Crippen LogP contribution in [0.15, 0.2) is 42.5 Å². The summed E-state index contributed by atoms with van der Waals surface area (Å²) >= 11 is 0. The van der Waals surface area contributed by atoms with Gasteiger partial charge in [-0.25, -0.2) is 9.78 Å². The van der Waals surface area contributed by atoms with Crippen LogP contribution in [0.1, 0.15) is 38.6 Å². The van der Waals surface area contributed by atoms with Crippen LogP contribution in [0.2, 0.25) is 0 Å². The van der Waals surface area contributed by atoms with Gasteiger partial charge < -0.3 is 23.5 Å². The van der Waals surface area contributed by atoms with E-state index >= 15 is 0 Å². The summed E-state index contributed by atoms with van der Waals surface area (Å²) in [7, 11) is 4.39. The van der Waals surface area contributed by atoms with E-state index in [9.17, 15) is 9.59 Å². The zero-order valence-electron chi connectivity index (χ0n) is 19.5. The average Bonchev–Trinajstić information content (AvgIpc) is 3.23. The Morgan fingerprint density at radius 3 is 2.33 bits per heavy atom. The summed E-state index contributed by atoms with van der Waals surface area (Å²) in [4.78, 5) is 28.4. The first-order valence-electron chi connectivity index (χ1n) is 10.9. The molecular formula is C25H30N2O6. The molecule has 0 aliphatic rings. The average molecular weight is 455 g/mol. The summed E-state index contributed by atoms with van der Waals surface area (Å²) in [6.45, 7) is 2.31. The predicted molar refractivity (Wildman–Crippen MR) is 124 cm³/mol. The highest BCUT2D eigenvalue weighted by Gasteiger charge is 2.23. The maximum atomic E-state index is 12.4. The molecule has 176 valence electrons. The number of ether oxygens (including phenoxy) is 4. The lowest BCUT2D eigenvalue weighted by atomic mass is 10.2. The molecule has 0 aliphatic heterocycles. The Morgan fingerprint density at radius 2 is 1.67 bits per heavy atom. The van der Waals surface area contributed by atoms with Crippen molar-refractivity contribution < 1.29 is 28.5 Å². The van der Waals surface area contributed by atoms with E-state index in [1.165, 1.54) is 14.2 Å². The zero-order valence-corrected chi connectivity index (χ0v) is 19.5. The normalized spacial score (nSPS) is 11.8. The quantitative estimate of drug-likeness (QED) is 0.310. The highest BCUT2D eigenvalue weighted by atomic mass is 16.5. The van der Waals surface area contributed by atoms with Crippen LogP contribution in [0.25, 0.3) is 22.4 Å². The van der Waals surface area contributed by atoms with Crippen LogP contribution in [-0.2, 0) is 19.1 Å². The number of nitrogens with zero attached hydrogens (tertiary/aromatic N) is 2. The molecule has 0 fully saturated rings. The van der Waals surface area contributed by atoms with E-state index in [1.54, 1.807) is 14.0 Å². The van der Waals surface area contributed by atoms with Gasteiger partial charge in [0.2, 0.25) is 0 Å². The smallest absolute Gasteiger partial charge is 0.328 e. The van der Waals surface area contributed by atoms with Crippen LogP contribution in [0.5, 0.6) is 11.5 Å². The number of aromatic nitrogens is 2. The number of carbonyl (C=O) groups excluding carboxylic acids is 2. The molecule has 0 amide bonds. The number of benzene rings is 2. The van der Waals surface area contributed by atoms with Crippen molar-refractivity contribution >= 4 is 23.0 Å². The fourth-order valence-corrected chi connectivity index (χ4v) is 3.61. The van der Waals surface area contributed by atoms with E-state index in [-0.39, 0.29) is 11.9 Å². The van der Waals surface area contributed by atoms with Crippen LogP contribution >= 0.6 is 0 Å². The van der Waals surface area contributed by atoms with Crippen molar-refractivity contribution in [3.63, 3.8) is 0 Å². The largest absolute Gasteiger partial charge is 0.497 e. The summed E-state index contributed by atoms with van der Waals surface area (Å²) in [5.74, 6) is 1.54. The van der Waals surface area contributed by atoms with E-state index in [2.05, 4.69) is 4.74 Å². The van der Waals surface area contributed by atoms with E-state index < -0.39 is 6.04 Å². The van der Waals surface area contributed by atoms with Gasteiger partial charge in [0, 0.05) is 18.1 Å². The molecule has 0 N–H and O–H groups in total. The Kier molecular flexibility index (Phi) is 8.29. The molecule has 0 bridgehead atoms.